The Balaban J connectivity index is 1.99. The molecule has 6 heteroatoms. The van der Waals surface area contributed by atoms with E-state index in [2.05, 4.69) is 11.1 Å². The third-order valence-electron chi connectivity index (χ3n) is 3.19. The van der Waals surface area contributed by atoms with Gasteiger partial charge in [-0.2, -0.15) is 5.26 Å². The quantitative estimate of drug-likeness (QED) is 0.732. The van der Waals surface area contributed by atoms with Crippen LogP contribution >= 0.6 is 23.1 Å². The number of nitriles is 1. The first-order valence-corrected chi connectivity index (χ1v) is 8.88. The van der Waals surface area contributed by atoms with Gasteiger partial charge in [0, 0.05) is 4.91 Å². The lowest BCUT2D eigenvalue weighted by Crippen LogP contribution is -1.98. The van der Waals surface area contributed by atoms with Crippen LogP contribution in [0.3, 0.4) is 0 Å². The van der Waals surface area contributed by atoms with Crippen molar-refractivity contribution in [3.63, 3.8) is 0 Å². The number of carboxylic acids is 1. The highest BCUT2D eigenvalue weighted by Crippen LogP contribution is 2.35. The summed E-state index contributed by atoms with van der Waals surface area (Å²) in [4.78, 5) is 16.4. The highest BCUT2D eigenvalue weighted by Gasteiger charge is 2.11. The van der Waals surface area contributed by atoms with Crippen LogP contribution in [-0.2, 0) is 4.79 Å². The number of benzene rings is 2. The van der Waals surface area contributed by atoms with E-state index in [-0.39, 0.29) is 5.75 Å². The standard InChI is InChI=1S/C18H12N2O2S2/c19-10-13-7-5-12(6-8-13)9-16(23-11-17(21)22)18-20-14-3-1-2-4-15(14)24-18/h1-9H,11H2,(H,21,22)/b16-9-. The van der Waals surface area contributed by atoms with Crippen molar-refractivity contribution in [3.8, 4) is 6.07 Å². The SMILES string of the molecule is N#Cc1ccc(/C=C(\SCC(=O)O)c2nc3ccccc3s2)cc1. The molecule has 0 unspecified atom stereocenters. The van der Waals surface area contributed by atoms with Crippen LogP contribution in [0.5, 0.6) is 0 Å². The van der Waals surface area contributed by atoms with Crippen molar-refractivity contribution in [1.82, 2.24) is 4.98 Å². The van der Waals surface area contributed by atoms with Gasteiger partial charge in [0.25, 0.3) is 0 Å². The van der Waals surface area contributed by atoms with E-state index in [1.807, 2.05) is 42.5 Å². The van der Waals surface area contributed by atoms with Crippen LogP contribution in [0.1, 0.15) is 16.1 Å². The lowest BCUT2D eigenvalue weighted by molar-refractivity contribution is -0.133. The third-order valence-corrected chi connectivity index (χ3v) is 5.41. The molecule has 0 aliphatic heterocycles. The molecule has 0 spiro atoms. The van der Waals surface area contributed by atoms with E-state index in [9.17, 15) is 4.79 Å². The zero-order valence-electron chi connectivity index (χ0n) is 12.5. The zero-order chi connectivity index (χ0) is 16.9. The molecule has 4 nitrogen and oxygen atoms in total. The van der Waals surface area contributed by atoms with E-state index in [1.165, 1.54) is 23.1 Å². The van der Waals surface area contributed by atoms with Gasteiger partial charge in [0.1, 0.15) is 5.01 Å². The van der Waals surface area contributed by atoms with Gasteiger partial charge in [-0.05, 0) is 35.9 Å². The maximum Gasteiger partial charge on any atom is 0.313 e. The number of hydrogen-bond acceptors (Lipinski definition) is 5. The maximum atomic E-state index is 10.9. The molecule has 0 atom stereocenters. The minimum atomic E-state index is -0.869. The molecule has 24 heavy (non-hydrogen) atoms. The van der Waals surface area contributed by atoms with Gasteiger partial charge in [-0.1, -0.05) is 24.3 Å². The molecule has 0 saturated carbocycles. The summed E-state index contributed by atoms with van der Waals surface area (Å²) in [6.45, 7) is 0. The van der Waals surface area contributed by atoms with E-state index in [0.717, 1.165) is 25.7 Å². The van der Waals surface area contributed by atoms with Crippen molar-refractivity contribution < 1.29 is 9.90 Å². The third kappa shape index (κ3) is 3.82. The fraction of sp³-hybridized carbons (Fsp3) is 0.0556. The van der Waals surface area contributed by atoms with Gasteiger partial charge >= 0.3 is 5.97 Å². The topological polar surface area (TPSA) is 74.0 Å². The monoisotopic (exact) mass is 352 g/mol. The predicted octanol–water partition coefficient (Wildman–Crippen LogP) is 4.48. The molecule has 3 rings (SSSR count). The molecule has 0 bridgehead atoms. The second-order valence-electron chi connectivity index (χ2n) is 4.91. The predicted molar refractivity (Wildman–Crippen MR) is 98.7 cm³/mol. The maximum absolute atomic E-state index is 10.9. The summed E-state index contributed by atoms with van der Waals surface area (Å²) in [6, 6.07) is 17.1. The van der Waals surface area contributed by atoms with Crippen molar-refractivity contribution in [2.24, 2.45) is 0 Å². The van der Waals surface area contributed by atoms with Gasteiger partial charge in [0.2, 0.25) is 0 Å². The first kappa shape index (κ1) is 16.2. The highest BCUT2D eigenvalue weighted by molar-refractivity contribution is 8.09. The number of thiazole rings is 1. The Morgan fingerprint density at radius 2 is 2.00 bits per heavy atom. The van der Waals surface area contributed by atoms with Crippen molar-refractivity contribution in [2.75, 3.05) is 5.75 Å². The fourth-order valence-electron chi connectivity index (χ4n) is 2.09. The molecule has 0 saturated heterocycles. The Bertz CT molecular complexity index is 920. The van der Waals surface area contributed by atoms with Crippen LogP contribution < -0.4 is 0 Å². The molecule has 1 heterocycles. The molecule has 118 valence electrons. The summed E-state index contributed by atoms with van der Waals surface area (Å²) in [5, 5.41) is 18.7. The Morgan fingerprint density at radius 1 is 1.25 bits per heavy atom. The number of carboxylic acid groups (broad SMARTS) is 1. The molecule has 0 amide bonds. The molecule has 0 aliphatic rings. The smallest absolute Gasteiger partial charge is 0.313 e. The van der Waals surface area contributed by atoms with E-state index in [1.54, 1.807) is 12.1 Å². The molecule has 1 N–H and O–H groups in total. The summed E-state index contributed by atoms with van der Waals surface area (Å²) in [6.07, 6.45) is 1.91. The molecule has 0 aliphatic carbocycles. The van der Waals surface area contributed by atoms with Gasteiger partial charge in [-0.25, -0.2) is 4.98 Å². The number of para-hydroxylation sites is 1. The van der Waals surface area contributed by atoms with Gasteiger partial charge in [0.05, 0.1) is 27.6 Å². The van der Waals surface area contributed by atoms with Crippen LogP contribution in [0, 0.1) is 11.3 Å². The van der Waals surface area contributed by atoms with Crippen LogP contribution in [0.25, 0.3) is 21.2 Å². The Kier molecular flexibility index (Phi) is 4.94. The van der Waals surface area contributed by atoms with Gasteiger partial charge in [0.15, 0.2) is 0 Å². The minimum Gasteiger partial charge on any atom is -0.481 e. The Morgan fingerprint density at radius 3 is 2.67 bits per heavy atom. The zero-order valence-corrected chi connectivity index (χ0v) is 14.1. The van der Waals surface area contributed by atoms with Crippen LogP contribution in [0.4, 0.5) is 0 Å². The number of rotatable bonds is 5. The summed E-state index contributed by atoms with van der Waals surface area (Å²) in [5.41, 5.74) is 2.40. The summed E-state index contributed by atoms with van der Waals surface area (Å²) in [5.74, 6) is -0.898. The van der Waals surface area contributed by atoms with Gasteiger partial charge in [-0.3, -0.25) is 4.79 Å². The molecular formula is C18H12N2O2S2. The number of hydrogen-bond donors (Lipinski definition) is 1. The summed E-state index contributed by atoms with van der Waals surface area (Å²) >= 11 is 2.79. The Hall–Kier alpha value is -2.62. The molecule has 0 radical (unpaired) electrons. The first-order chi connectivity index (χ1) is 11.7. The van der Waals surface area contributed by atoms with Crippen molar-refractivity contribution in [1.29, 1.82) is 5.26 Å². The number of fused-ring (bicyclic) bond motifs is 1. The van der Waals surface area contributed by atoms with Crippen molar-refractivity contribution >= 4 is 50.3 Å². The normalized spacial score (nSPS) is 11.4. The van der Waals surface area contributed by atoms with E-state index >= 15 is 0 Å². The summed E-state index contributed by atoms with van der Waals surface area (Å²) in [7, 11) is 0. The van der Waals surface area contributed by atoms with Gasteiger partial charge < -0.3 is 5.11 Å². The van der Waals surface area contributed by atoms with Crippen LogP contribution in [-0.4, -0.2) is 21.8 Å². The molecule has 3 aromatic rings. The van der Waals surface area contributed by atoms with E-state index < -0.39 is 5.97 Å². The largest absolute Gasteiger partial charge is 0.481 e. The van der Waals surface area contributed by atoms with Crippen molar-refractivity contribution in [2.45, 2.75) is 0 Å². The van der Waals surface area contributed by atoms with E-state index in [0.29, 0.717) is 5.56 Å². The second-order valence-corrected chi connectivity index (χ2v) is 6.96. The number of thioether (sulfide) groups is 1. The van der Waals surface area contributed by atoms with Crippen LogP contribution in [0.15, 0.2) is 48.5 Å². The Labute approximate surface area is 147 Å². The molecular weight excluding hydrogens is 340 g/mol. The highest BCUT2D eigenvalue weighted by atomic mass is 32.2. The first-order valence-electron chi connectivity index (χ1n) is 7.08. The van der Waals surface area contributed by atoms with Gasteiger partial charge in [-0.15, -0.1) is 23.1 Å². The fourth-order valence-corrected chi connectivity index (χ4v) is 3.93. The number of aromatic nitrogens is 1. The average molecular weight is 352 g/mol. The van der Waals surface area contributed by atoms with Crippen molar-refractivity contribution in [3.05, 3.63) is 64.7 Å². The number of aliphatic carboxylic acids is 1. The average Bonchev–Trinajstić information content (AvgIpc) is 3.03. The lowest BCUT2D eigenvalue weighted by atomic mass is 10.1. The summed E-state index contributed by atoms with van der Waals surface area (Å²) < 4.78 is 1.06. The number of nitrogens with zero attached hydrogens (tertiary/aromatic N) is 2. The molecule has 2 aromatic carbocycles. The van der Waals surface area contributed by atoms with E-state index in [4.69, 9.17) is 10.4 Å². The second kappa shape index (κ2) is 7.30. The molecule has 0 fully saturated rings. The lowest BCUT2D eigenvalue weighted by Gasteiger charge is -2.03. The number of carbonyl (C=O) groups is 1. The molecule has 1 aromatic heterocycles. The van der Waals surface area contributed by atoms with Crippen LogP contribution in [0.2, 0.25) is 0 Å². The minimum absolute atomic E-state index is 0.0297.